The summed E-state index contributed by atoms with van der Waals surface area (Å²) in [6, 6.07) is 3.58. The van der Waals surface area contributed by atoms with Crippen LogP contribution in [0.25, 0.3) is 16.5 Å². The highest BCUT2D eigenvalue weighted by molar-refractivity contribution is 5.44. The van der Waals surface area contributed by atoms with Crippen LogP contribution in [0.4, 0.5) is 0 Å². The second-order valence-electron chi connectivity index (χ2n) is 2.57. The smallest absolute Gasteiger partial charge is 0.0696 e. The lowest BCUT2D eigenvalue weighted by Gasteiger charge is -1.95. The Kier molecular flexibility index (Phi) is 4.20. The number of aliphatic hydroxyl groups excluding tert-OH is 1. The standard InChI is InChI=1S/C9H10N4O/c10-13-12-5-1-2-9-4-3-8(7-14)6-11-9/h1-4,6,14H,5,7H2. The molecule has 0 atom stereocenters. The second-order valence-corrected chi connectivity index (χ2v) is 2.57. The summed E-state index contributed by atoms with van der Waals surface area (Å²) in [5.74, 6) is 0. The maximum absolute atomic E-state index is 8.76. The Morgan fingerprint density at radius 2 is 2.43 bits per heavy atom. The normalized spacial score (nSPS) is 10.1. The van der Waals surface area contributed by atoms with E-state index in [-0.39, 0.29) is 6.61 Å². The van der Waals surface area contributed by atoms with Gasteiger partial charge in [-0.3, -0.25) is 4.98 Å². The van der Waals surface area contributed by atoms with Crippen molar-refractivity contribution in [3.05, 3.63) is 46.1 Å². The van der Waals surface area contributed by atoms with Crippen LogP contribution >= 0.6 is 0 Å². The summed E-state index contributed by atoms with van der Waals surface area (Å²) in [6.07, 6.45) is 5.09. The van der Waals surface area contributed by atoms with Gasteiger partial charge in [-0.1, -0.05) is 17.3 Å². The molecular formula is C9H10N4O. The van der Waals surface area contributed by atoms with Crippen molar-refractivity contribution in [1.82, 2.24) is 4.98 Å². The summed E-state index contributed by atoms with van der Waals surface area (Å²) in [5, 5.41) is 12.1. The van der Waals surface area contributed by atoms with Gasteiger partial charge < -0.3 is 5.11 Å². The number of aliphatic hydroxyl groups is 1. The molecular weight excluding hydrogens is 180 g/mol. The van der Waals surface area contributed by atoms with Gasteiger partial charge in [0.25, 0.3) is 0 Å². The quantitative estimate of drug-likeness (QED) is 0.446. The number of pyridine rings is 1. The summed E-state index contributed by atoms with van der Waals surface area (Å²) in [7, 11) is 0. The SMILES string of the molecule is [N-]=[N+]=NCC=Cc1ccc(CO)cn1. The van der Waals surface area contributed by atoms with Gasteiger partial charge >= 0.3 is 0 Å². The molecule has 0 aliphatic carbocycles. The third-order valence-corrected chi connectivity index (χ3v) is 1.57. The molecule has 0 radical (unpaired) electrons. The van der Waals surface area contributed by atoms with Gasteiger partial charge in [-0.2, -0.15) is 0 Å². The molecule has 0 bridgehead atoms. The molecule has 0 aliphatic heterocycles. The van der Waals surface area contributed by atoms with Gasteiger partial charge in [0.2, 0.25) is 0 Å². The van der Waals surface area contributed by atoms with Crippen LogP contribution in [-0.2, 0) is 6.61 Å². The van der Waals surface area contributed by atoms with Crippen LogP contribution in [-0.4, -0.2) is 16.6 Å². The zero-order valence-electron chi connectivity index (χ0n) is 7.54. The van der Waals surface area contributed by atoms with E-state index in [0.717, 1.165) is 11.3 Å². The average molecular weight is 190 g/mol. The number of hydrogen-bond acceptors (Lipinski definition) is 3. The molecule has 14 heavy (non-hydrogen) atoms. The molecule has 5 heteroatoms. The Balaban J connectivity index is 2.59. The largest absolute Gasteiger partial charge is 0.392 e. The number of aromatic nitrogens is 1. The number of rotatable bonds is 4. The predicted molar refractivity (Wildman–Crippen MR) is 53.2 cm³/mol. The van der Waals surface area contributed by atoms with Crippen molar-refractivity contribution < 1.29 is 5.11 Å². The lowest BCUT2D eigenvalue weighted by atomic mass is 10.2. The first-order chi connectivity index (χ1) is 6.86. The number of hydrogen-bond donors (Lipinski definition) is 1. The lowest BCUT2D eigenvalue weighted by Crippen LogP contribution is -1.86. The molecule has 1 rings (SSSR count). The van der Waals surface area contributed by atoms with E-state index in [1.807, 2.05) is 0 Å². The van der Waals surface area contributed by atoms with Crippen LogP contribution in [0.5, 0.6) is 0 Å². The minimum Gasteiger partial charge on any atom is -0.392 e. The molecule has 0 aliphatic rings. The fourth-order valence-corrected chi connectivity index (χ4v) is 0.885. The van der Waals surface area contributed by atoms with E-state index >= 15 is 0 Å². The minimum absolute atomic E-state index is 0.00425. The zero-order chi connectivity index (χ0) is 10.2. The summed E-state index contributed by atoms with van der Waals surface area (Å²) in [5.41, 5.74) is 9.56. The van der Waals surface area contributed by atoms with Crippen molar-refractivity contribution in [3.63, 3.8) is 0 Å². The summed E-state index contributed by atoms with van der Waals surface area (Å²) in [4.78, 5) is 6.68. The zero-order valence-corrected chi connectivity index (χ0v) is 7.54. The monoisotopic (exact) mass is 190 g/mol. The molecule has 0 saturated carbocycles. The Bertz CT molecular complexity index is 352. The van der Waals surface area contributed by atoms with Gasteiger partial charge in [0.15, 0.2) is 0 Å². The summed E-state index contributed by atoms with van der Waals surface area (Å²) < 4.78 is 0. The average Bonchev–Trinajstić information content (AvgIpc) is 2.25. The Morgan fingerprint density at radius 1 is 1.57 bits per heavy atom. The highest BCUT2D eigenvalue weighted by Crippen LogP contribution is 2.01. The second kappa shape index (κ2) is 5.75. The van der Waals surface area contributed by atoms with Crippen molar-refractivity contribution in [3.8, 4) is 0 Å². The third kappa shape index (κ3) is 3.26. The topological polar surface area (TPSA) is 81.9 Å². The minimum atomic E-state index is -0.00425. The van der Waals surface area contributed by atoms with Gasteiger partial charge in [0.05, 0.1) is 12.3 Å². The highest BCUT2D eigenvalue weighted by Gasteiger charge is 1.90. The highest BCUT2D eigenvalue weighted by atomic mass is 16.3. The maximum atomic E-state index is 8.76. The van der Waals surface area contributed by atoms with E-state index in [1.165, 1.54) is 0 Å². The molecule has 0 fully saturated rings. The number of nitrogens with zero attached hydrogens (tertiary/aromatic N) is 4. The fourth-order valence-electron chi connectivity index (χ4n) is 0.885. The van der Waals surface area contributed by atoms with Gasteiger partial charge in [0.1, 0.15) is 0 Å². The van der Waals surface area contributed by atoms with E-state index in [1.54, 1.807) is 30.5 Å². The fraction of sp³-hybridized carbons (Fsp3) is 0.222. The van der Waals surface area contributed by atoms with Crippen LogP contribution < -0.4 is 0 Å². The molecule has 0 aromatic carbocycles. The number of azide groups is 1. The summed E-state index contributed by atoms with van der Waals surface area (Å²) in [6.45, 7) is 0.315. The van der Waals surface area contributed by atoms with Crippen molar-refractivity contribution >= 4 is 6.08 Å². The van der Waals surface area contributed by atoms with E-state index in [4.69, 9.17) is 10.6 Å². The van der Waals surface area contributed by atoms with E-state index in [9.17, 15) is 0 Å². The van der Waals surface area contributed by atoms with Gasteiger partial charge in [-0.15, -0.1) is 0 Å². The van der Waals surface area contributed by atoms with Crippen LogP contribution in [0.3, 0.4) is 0 Å². The van der Waals surface area contributed by atoms with Crippen molar-refractivity contribution in [2.24, 2.45) is 5.11 Å². The Labute approximate surface area is 81.3 Å². The molecule has 1 aromatic rings. The van der Waals surface area contributed by atoms with Gasteiger partial charge in [-0.05, 0) is 23.2 Å². The third-order valence-electron chi connectivity index (χ3n) is 1.57. The molecule has 0 spiro atoms. The first-order valence-corrected chi connectivity index (χ1v) is 4.10. The lowest BCUT2D eigenvalue weighted by molar-refractivity contribution is 0.281. The van der Waals surface area contributed by atoms with Gasteiger partial charge in [-0.25, -0.2) is 0 Å². The van der Waals surface area contributed by atoms with E-state index in [2.05, 4.69) is 15.0 Å². The van der Waals surface area contributed by atoms with E-state index in [0.29, 0.717) is 6.54 Å². The molecule has 72 valence electrons. The molecule has 1 heterocycles. The van der Waals surface area contributed by atoms with E-state index < -0.39 is 0 Å². The van der Waals surface area contributed by atoms with Gasteiger partial charge in [0, 0.05) is 17.7 Å². The van der Waals surface area contributed by atoms with Crippen LogP contribution in [0.15, 0.2) is 29.5 Å². The molecule has 0 amide bonds. The Morgan fingerprint density at radius 3 is 3.00 bits per heavy atom. The van der Waals surface area contributed by atoms with Crippen molar-refractivity contribution in [2.45, 2.75) is 6.61 Å². The molecule has 5 nitrogen and oxygen atoms in total. The first kappa shape index (κ1) is 10.2. The molecule has 1 aromatic heterocycles. The van der Waals surface area contributed by atoms with Crippen LogP contribution in [0, 0.1) is 0 Å². The van der Waals surface area contributed by atoms with Crippen LogP contribution in [0.2, 0.25) is 0 Å². The van der Waals surface area contributed by atoms with Crippen molar-refractivity contribution in [2.75, 3.05) is 6.54 Å². The molecule has 1 N–H and O–H groups in total. The van der Waals surface area contributed by atoms with Crippen LogP contribution in [0.1, 0.15) is 11.3 Å². The molecule has 0 saturated heterocycles. The molecule has 0 unspecified atom stereocenters. The predicted octanol–water partition coefficient (Wildman–Crippen LogP) is 1.90. The Hall–Kier alpha value is -1.84. The van der Waals surface area contributed by atoms with Crippen molar-refractivity contribution in [1.29, 1.82) is 0 Å². The summed E-state index contributed by atoms with van der Waals surface area (Å²) >= 11 is 0. The first-order valence-electron chi connectivity index (χ1n) is 4.10. The maximum Gasteiger partial charge on any atom is 0.0696 e.